The highest BCUT2D eigenvalue weighted by molar-refractivity contribution is 7.14. The molecule has 2 N–H and O–H groups in total. The number of allylic oxidation sites excluding steroid dienone is 1. The largest absolute Gasteiger partial charge is 0.508 e. The molecule has 0 spiro atoms. The van der Waals surface area contributed by atoms with Crippen LogP contribution in [0.15, 0.2) is 65.1 Å². The molecular formula is C19H14F3N3OS. The monoisotopic (exact) mass is 389 g/mol. The number of thiazole rings is 1. The van der Waals surface area contributed by atoms with Crippen LogP contribution in [0.5, 0.6) is 5.75 Å². The molecule has 0 atom stereocenters. The zero-order chi connectivity index (χ0) is 19.3. The lowest BCUT2D eigenvalue weighted by molar-refractivity contribution is -0.137. The lowest BCUT2D eigenvalue weighted by atomic mass is 10.1. The van der Waals surface area contributed by atoms with E-state index in [-0.39, 0.29) is 5.75 Å². The van der Waals surface area contributed by atoms with Crippen LogP contribution in [0.1, 0.15) is 11.1 Å². The zero-order valence-electron chi connectivity index (χ0n) is 13.8. The first kappa shape index (κ1) is 18.7. The number of halogens is 3. The van der Waals surface area contributed by atoms with Crippen LogP contribution in [0.25, 0.3) is 17.3 Å². The predicted octanol–water partition coefficient (Wildman–Crippen LogP) is 5.65. The highest BCUT2D eigenvalue weighted by Crippen LogP contribution is 2.31. The molecule has 3 rings (SSSR count). The molecule has 138 valence electrons. The van der Waals surface area contributed by atoms with Crippen molar-refractivity contribution in [2.24, 2.45) is 5.10 Å². The first-order valence-corrected chi connectivity index (χ1v) is 8.68. The van der Waals surface area contributed by atoms with E-state index in [9.17, 15) is 18.3 Å². The molecule has 0 bridgehead atoms. The average Bonchev–Trinajstić information content (AvgIpc) is 3.10. The topological polar surface area (TPSA) is 57.5 Å². The zero-order valence-corrected chi connectivity index (χ0v) is 14.6. The molecule has 1 heterocycles. The van der Waals surface area contributed by atoms with Crippen LogP contribution in [0.2, 0.25) is 0 Å². The molecule has 0 fully saturated rings. The molecule has 0 amide bonds. The molecule has 0 aliphatic rings. The molecule has 0 saturated heterocycles. The Morgan fingerprint density at radius 2 is 1.89 bits per heavy atom. The van der Waals surface area contributed by atoms with E-state index in [1.807, 2.05) is 6.07 Å². The number of phenolic OH excluding ortho intramolecular Hbond substituents is 1. The first-order chi connectivity index (χ1) is 12.9. The maximum absolute atomic E-state index is 12.6. The minimum atomic E-state index is -4.35. The summed E-state index contributed by atoms with van der Waals surface area (Å²) in [6, 6.07) is 11.6. The van der Waals surface area contributed by atoms with Crippen LogP contribution in [0.4, 0.5) is 18.3 Å². The van der Waals surface area contributed by atoms with Gasteiger partial charge in [-0.2, -0.15) is 18.3 Å². The number of aromatic nitrogens is 1. The van der Waals surface area contributed by atoms with Gasteiger partial charge in [-0.3, -0.25) is 5.43 Å². The molecule has 0 saturated carbocycles. The number of phenols is 1. The number of aromatic hydroxyl groups is 1. The van der Waals surface area contributed by atoms with Gasteiger partial charge in [0.05, 0.1) is 11.3 Å². The van der Waals surface area contributed by atoms with Gasteiger partial charge in [-0.05, 0) is 35.9 Å². The Kier molecular flexibility index (Phi) is 5.56. The van der Waals surface area contributed by atoms with Crippen LogP contribution in [-0.2, 0) is 6.18 Å². The fourth-order valence-electron chi connectivity index (χ4n) is 2.21. The number of hydrogen-bond acceptors (Lipinski definition) is 5. The second-order valence-electron chi connectivity index (χ2n) is 5.46. The molecular weight excluding hydrogens is 375 g/mol. The van der Waals surface area contributed by atoms with E-state index in [4.69, 9.17) is 0 Å². The third-order valence-electron chi connectivity index (χ3n) is 3.49. The smallest absolute Gasteiger partial charge is 0.416 e. The second-order valence-corrected chi connectivity index (χ2v) is 6.32. The van der Waals surface area contributed by atoms with Gasteiger partial charge in [0.1, 0.15) is 5.75 Å². The lowest BCUT2D eigenvalue weighted by Gasteiger charge is -2.06. The Morgan fingerprint density at radius 3 is 2.59 bits per heavy atom. The van der Waals surface area contributed by atoms with E-state index in [1.54, 1.807) is 35.7 Å². The number of anilines is 1. The normalized spacial score (nSPS) is 12.1. The fourth-order valence-corrected chi connectivity index (χ4v) is 2.87. The lowest BCUT2D eigenvalue weighted by Crippen LogP contribution is -2.03. The molecule has 1 aromatic heterocycles. The van der Waals surface area contributed by atoms with Crippen LogP contribution in [0, 0.1) is 0 Å². The van der Waals surface area contributed by atoms with Crippen molar-refractivity contribution in [2.45, 2.75) is 6.18 Å². The van der Waals surface area contributed by atoms with Gasteiger partial charge in [0, 0.05) is 17.2 Å². The van der Waals surface area contributed by atoms with Gasteiger partial charge in [-0.1, -0.05) is 30.3 Å². The number of hydrazone groups is 1. The van der Waals surface area contributed by atoms with E-state index in [0.717, 1.165) is 17.7 Å². The van der Waals surface area contributed by atoms with Gasteiger partial charge in [0.2, 0.25) is 5.13 Å². The fraction of sp³-hybridized carbons (Fsp3) is 0.0526. The summed E-state index contributed by atoms with van der Waals surface area (Å²) in [6.45, 7) is 0. The third-order valence-corrected chi connectivity index (χ3v) is 4.24. The SMILES string of the molecule is Oc1cccc(/C=C/C=NNc2nc(-c3ccc(C(F)(F)F)cc3)cs2)c1. The van der Waals surface area contributed by atoms with E-state index in [2.05, 4.69) is 15.5 Å². The maximum Gasteiger partial charge on any atom is 0.416 e. The predicted molar refractivity (Wildman–Crippen MR) is 102 cm³/mol. The summed E-state index contributed by atoms with van der Waals surface area (Å²) in [7, 11) is 0. The summed E-state index contributed by atoms with van der Waals surface area (Å²) in [6.07, 6.45) is 0.657. The van der Waals surface area contributed by atoms with E-state index >= 15 is 0 Å². The number of hydrogen-bond donors (Lipinski definition) is 2. The van der Waals surface area contributed by atoms with Crippen molar-refractivity contribution >= 4 is 28.8 Å². The quantitative estimate of drug-likeness (QED) is 0.438. The van der Waals surface area contributed by atoms with Crippen molar-refractivity contribution in [1.82, 2.24) is 4.98 Å². The van der Waals surface area contributed by atoms with Crippen molar-refractivity contribution < 1.29 is 18.3 Å². The summed E-state index contributed by atoms with van der Waals surface area (Å²) in [5.41, 5.74) is 4.07. The average molecular weight is 389 g/mol. The summed E-state index contributed by atoms with van der Waals surface area (Å²) in [5.74, 6) is 0.186. The molecule has 27 heavy (non-hydrogen) atoms. The molecule has 3 aromatic rings. The third kappa shape index (κ3) is 5.18. The van der Waals surface area contributed by atoms with Crippen LogP contribution < -0.4 is 5.43 Å². The van der Waals surface area contributed by atoms with Crippen molar-refractivity contribution in [2.75, 3.05) is 5.43 Å². The molecule has 0 aliphatic carbocycles. The molecule has 8 heteroatoms. The van der Waals surface area contributed by atoms with Gasteiger partial charge < -0.3 is 5.11 Å². The summed E-state index contributed by atoms with van der Waals surface area (Å²) in [4.78, 5) is 4.30. The Hall–Kier alpha value is -3.13. The van der Waals surface area contributed by atoms with Gasteiger partial charge >= 0.3 is 6.18 Å². The van der Waals surface area contributed by atoms with Gasteiger partial charge in [0.15, 0.2) is 0 Å². The number of nitrogens with one attached hydrogen (secondary N) is 1. The highest BCUT2D eigenvalue weighted by Gasteiger charge is 2.30. The second kappa shape index (κ2) is 8.05. The molecule has 2 aromatic carbocycles. The Morgan fingerprint density at radius 1 is 1.11 bits per heavy atom. The van der Waals surface area contributed by atoms with Crippen LogP contribution >= 0.6 is 11.3 Å². The molecule has 0 radical (unpaired) electrons. The van der Waals surface area contributed by atoms with Crippen LogP contribution in [0.3, 0.4) is 0 Å². The highest BCUT2D eigenvalue weighted by atomic mass is 32.1. The van der Waals surface area contributed by atoms with Gasteiger partial charge in [0.25, 0.3) is 0 Å². The summed E-state index contributed by atoms with van der Waals surface area (Å²) in [5, 5.41) is 15.6. The maximum atomic E-state index is 12.6. The van der Waals surface area contributed by atoms with Gasteiger partial charge in [-0.25, -0.2) is 4.98 Å². The van der Waals surface area contributed by atoms with Gasteiger partial charge in [-0.15, -0.1) is 11.3 Å². The number of benzene rings is 2. The summed E-state index contributed by atoms with van der Waals surface area (Å²) >= 11 is 1.30. The van der Waals surface area contributed by atoms with E-state index in [1.165, 1.54) is 29.7 Å². The standard InChI is InChI=1S/C19H14F3N3OS/c20-19(21,22)15-8-6-14(7-9-15)17-12-27-18(24-17)25-23-10-2-4-13-3-1-5-16(26)11-13/h1-12,26H,(H,24,25)/b4-2+,23-10?. The minimum Gasteiger partial charge on any atom is -0.508 e. The van der Waals surface area contributed by atoms with Crippen molar-refractivity contribution in [3.05, 3.63) is 71.1 Å². The van der Waals surface area contributed by atoms with Crippen LogP contribution in [-0.4, -0.2) is 16.3 Å². The summed E-state index contributed by atoms with van der Waals surface area (Å²) < 4.78 is 37.8. The number of rotatable bonds is 5. The van der Waals surface area contributed by atoms with Crippen molar-refractivity contribution in [3.63, 3.8) is 0 Å². The molecule has 0 unspecified atom stereocenters. The minimum absolute atomic E-state index is 0.186. The number of nitrogens with zero attached hydrogens (tertiary/aromatic N) is 2. The Labute approximate surface area is 157 Å². The van der Waals surface area contributed by atoms with Crippen molar-refractivity contribution in [1.29, 1.82) is 0 Å². The van der Waals surface area contributed by atoms with Crippen molar-refractivity contribution in [3.8, 4) is 17.0 Å². The Balaban J connectivity index is 1.59. The molecule has 0 aliphatic heterocycles. The number of alkyl halides is 3. The first-order valence-electron chi connectivity index (χ1n) is 7.80. The van der Waals surface area contributed by atoms with E-state index in [0.29, 0.717) is 16.4 Å². The Bertz CT molecular complexity index is 963. The molecule has 4 nitrogen and oxygen atoms in total. The van der Waals surface area contributed by atoms with E-state index < -0.39 is 11.7 Å².